The van der Waals surface area contributed by atoms with Gasteiger partial charge in [0.15, 0.2) is 0 Å². The van der Waals surface area contributed by atoms with Crippen LogP contribution in [0.3, 0.4) is 0 Å². The molecule has 0 bridgehead atoms. The van der Waals surface area contributed by atoms with E-state index in [0.717, 1.165) is 9.90 Å². The van der Waals surface area contributed by atoms with Crippen molar-refractivity contribution in [2.75, 3.05) is 5.32 Å². The summed E-state index contributed by atoms with van der Waals surface area (Å²) in [6, 6.07) is 7.46. The average Bonchev–Trinajstić information content (AvgIpc) is 2.77. The molecular weight excluding hydrogens is 302 g/mol. The quantitative estimate of drug-likeness (QED) is 0.876. The van der Waals surface area contributed by atoms with Crippen molar-refractivity contribution in [2.45, 2.75) is 24.0 Å². The fraction of sp³-hybridized carbons (Fsp3) is 0.250. The number of hydrogen-bond donors (Lipinski definition) is 1. The fourth-order valence-corrected chi connectivity index (χ4v) is 3.09. The zero-order valence-electron chi connectivity index (χ0n) is 10.4. The number of rotatable bonds is 4. The van der Waals surface area contributed by atoms with Crippen LogP contribution in [0.2, 0.25) is 5.02 Å². The lowest BCUT2D eigenvalue weighted by Gasteiger charge is -2.11. The van der Waals surface area contributed by atoms with Crippen molar-refractivity contribution in [1.29, 1.82) is 0 Å². The first-order chi connectivity index (χ1) is 9.06. The molecule has 0 fully saturated rings. The van der Waals surface area contributed by atoms with Crippen LogP contribution in [-0.2, 0) is 4.79 Å². The van der Waals surface area contributed by atoms with Crippen molar-refractivity contribution in [3.8, 4) is 0 Å². The number of nitrogens with one attached hydrogen (secondary N) is 1. The van der Waals surface area contributed by atoms with Crippen molar-refractivity contribution in [3.05, 3.63) is 34.3 Å². The lowest BCUT2D eigenvalue weighted by atomic mass is 10.4. The molecule has 1 atom stereocenters. The van der Waals surface area contributed by atoms with E-state index in [1.54, 1.807) is 0 Å². The van der Waals surface area contributed by atoms with E-state index in [1.165, 1.54) is 23.1 Å². The van der Waals surface area contributed by atoms with Gasteiger partial charge in [-0.05, 0) is 26.0 Å². The van der Waals surface area contributed by atoms with Gasteiger partial charge in [0.2, 0.25) is 11.0 Å². The minimum absolute atomic E-state index is 0.110. The number of aromatic nitrogens is 2. The van der Waals surface area contributed by atoms with Gasteiger partial charge in [-0.3, -0.25) is 10.1 Å². The molecule has 1 aromatic carbocycles. The van der Waals surface area contributed by atoms with Crippen molar-refractivity contribution in [1.82, 2.24) is 10.2 Å². The topological polar surface area (TPSA) is 54.9 Å². The first kappa shape index (κ1) is 14.3. The van der Waals surface area contributed by atoms with Crippen LogP contribution in [-0.4, -0.2) is 21.4 Å². The van der Waals surface area contributed by atoms with E-state index >= 15 is 0 Å². The second kappa shape index (κ2) is 6.36. The summed E-state index contributed by atoms with van der Waals surface area (Å²) < 4.78 is 0. The number of nitrogens with zero attached hydrogens (tertiary/aromatic N) is 2. The second-order valence-electron chi connectivity index (χ2n) is 3.81. The molecule has 0 radical (unpaired) electrons. The maximum Gasteiger partial charge on any atom is 0.239 e. The van der Waals surface area contributed by atoms with Gasteiger partial charge < -0.3 is 0 Å². The van der Waals surface area contributed by atoms with Crippen molar-refractivity contribution in [2.24, 2.45) is 0 Å². The molecule has 1 heterocycles. The number of carbonyl (C=O) groups is 1. The smallest absolute Gasteiger partial charge is 0.239 e. The lowest BCUT2D eigenvalue weighted by Crippen LogP contribution is -2.22. The van der Waals surface area contributed by atoms with Gasteiger partial charge in [0.1, 0.15) is 5.01 Å². The zero-order chi connectivity index (χ0) is 13.8. The van der Waals surface area contributed by atoms with E-state index in [-0.39, 0.29) is 11.2 Å². The SMILES string of the molecule is Cc1nnc(NC(=O)C(C)Sc2ccccc2Cl)s1. The van der Waals surface area contributed by atoms with E-state index in [2.05, 4.69) is 15.5 Å². The molecule has 1 N–H and O–H groups in total. The van der Waals surface area contributed by atoms with Crippen LogP contribution in [0.15, 0.2) is 29.2 Å². The average molecular weight is 314 g/mol. The van der Waals surface area contributed by atoms with Crippen LogP contribution in [0.1, 0.15) is 11.9 Å². The Morgan fingerprint density at radius 3 is 2.79 bits per heavy atom. The third-order valence-corrected chi connectivity index (χ3v) is 4.64. The summed E-state index contributed by atoms with van der Waals surface area (Å²) in [6.45, 7) is 3.67. The molecule has 0 saturated heterocycles. The maximum absolute atomic E-state index is 12.0. The largest absolute Gasteiger partial charge is 0.300 e. The minimum Gasteiger partial charge on any atom is -0.300 e. The number of hydrogen-bond acceptors (Lipinski definition) is 5. The Bertz CT molecular complexity index is 588. The molecule has 0 aliphatic rings. The standard InChI is InChI=1S/C12H12ClN3OS2/c1-7(18-10-6-4-3-5-9(10)13)11(17)14-12-16-15-8(2)19-12/h3-7H,1-2H3,(H,14,16,17). The predicted molar refractivity (Wildman–Crippen MR) is 80.0 cm³/mol. The summed E-state index contributed by atoms with van der Waals surface area (Å²) in [5.41, 5.74) is 0. The highest BCUT2D eigenvalue weighted by molar-refractivity contribution is 8.00. The van der Waals surface area contributed by atoms with Crippen LogP contribution < -0.4 is 5.32 Å². The Hall–Kier alpha value is -1.11. The molecule has 2 aromatic rings. The third-order valence-electron chi connectivity index (χ3n) is 2.27. The van der Waals surface area contributed by atoms with Crippen LogP contribution in [0.5, 0.6) is 0 Å². The van der Waals surface area contributed by atoms with Gasteiger partial charge in [-0.25, -0.2) is 0 Å². The summed E-state index contributed by atoms with van der Waals surface area (Å²) in [7, 11) is 0. The number of thioether (sulfide) groups is 1. The van der Waals surface area contributed by atoms with Gasteiger partial charge in [0, 0.05) is 4.90 Å². The molecule has 0 aliphatic carbocycles. The van der Waals surface area contributed by atoms with E-state index in [4.69, 9.17) is 11.6 Å². The van der Waals surface area contributed by atoms with E-state index < -0.39 is 0 Å². The Morgan fingerprint density at radius 2 is 2.16 bits per heavy atom. The van der Waals surface area contributed by atoms with Crippen LogP contribution in [0, 0.1) is 6.92 Å². The zero-order valence-corrected chi connectivity index (χ0v) is 12.8. The molecule has 2 rings (SSSR count). The van der Waals surface area contributed by atoms with Gasteiger partial charge in [-0.2, -0.15) is 0 Å². The summed E-state index contributed by atoms with van der Waals surface area (Å²) in [4.78, 5) is 12.9. The number of amides is 1. The number of aryl methyl sites for hydroxylation is 1. The predicted octanol–water partition coefficient (Wildman–Crippen LogP) is 3.62. The number of benzene rings is 1. The highest BCUT2D eigenvalue weighted by Crippen LogP contribution is 2.30. The van der Waals surface area contributed by atoms with Gasteiger partial charge in [-0.1, -0.05) is 35.1 Å². The molecule has 7 heteroatoms. The summed E-state index contributed by atoms with van der Waals surface area (Å²) in [5.74, 6) is -0.110. The van der Waals surface area contributed by atoms with Gasteiger partial charge >= 0.3 is 0 Å². The monoisotopic (exact) mass is 313 g/mol. The fourth-order valence-electron chi connectivity index (χ4n) is 1.34. The van der Waals surface area contributed by atoms with Gasteiger partial charge in [0.05, 0.1) is 10.3 Å². The van der Waals surface area contributed by atoms with E-state index in [0.29, 0.717) is 10.2 Å². The molecule has 0 saturated carbocycles. The summed E-state index contributed by atoms with van der Waals surface area (Å²) in [6.07, 6.45) is 0. The first-order valence-electron chi connectivity index (χ1n) is 5.58. The van der Waals surface area contributed by atoms with Crippen LogP contribution in [0.4, 0.5) is 5.13 Å². The number of anilines is 1. The molecule has 0 spiro atoms. The molecule has 4 nitrogen and oxygen atoms in total. The Labute approximate surface area is 124 Å². The van der Waals surface area contributed by atoms with Gasteiger partial charge in [-0.15, -0.1) is 22.0 Å². The van der Waals surface area contributed by atoms with Crippen LogP contribution >= 0.6 is 34.7 Å². The van der Waals surface area contributed by atoms with Crippen LogP contribution in [0.25, 0.3) is 0 Å². The summed E-state index contributed by atoms with van der Waals surface area (Å²) in [5, 5.41) is 12.2. The Kier molecular flexibility index (Phi) is 4.79. The van der Waals surface area contributed by atoms with Crippen molar-refractivity contribution in [3.63, 3.8) is 0 Å². The Morgan fingerprint density at radius 1 is 1.42 bits per heavy atom. The Balaban J connectivity index is 1.98. The highest BCUT2D eigenvalue weighted by Gasteiger charge is 2.17. The highest BCUT2D eigenvalue weighted by atomic mass is 35.5. The molecule has 1 aromatic heterocycles. The maximum atomic E-state index is 12.0. The number of halogens is 1. The van der Waals surface area contributed by atoms with E-state index in [9.17, 15) is 4.79 Å². The normalized spacial score (nSPS) is 12.2. The van der Waals surface area contributed by atoms with Crippen molar-refractivity contribution >= 4 is 45.7 Å². The van der Waals surface area contributed by atoms with Gasteiger partial charge in [0.25, 0.3) is 0 Å². The molecule has 19 heavy (non-hydrogen) atoms. The second-order valence-corrected chi connectivity index (χ2v) is 6.78. The lowest BCUT2D eigenvalue weighted by molar-refractivity contribution is -0.115. The molecular formula is C12H12ClN3OS2. The summed E-state index contributed by atoms with van der Waals surface area (Å²) >= 11 is 8.83. The molecule has 100 valence electrons. The van der Waals surface area contributed by atoms with E-state index in [1.807, 2.05) is 38.1 Å². The molecule has 1 amide bonds. The minimum atomic E-state index is -0.260. The number of carbonyl (C=O) groups excluding carboxylic acids is 1. The first-order valence-corrected chi connectivity index (χ1v) is 7.66. The molecule has 1 unspecified atom stereocenters. The molecule has 0 aliphatic heterocycles. The third kappa shape index (κ3) is 3.92. The van der Waals surface area contributed by atoms with Crippen molar-refractivity contribution < 1.29 is 4.79 Å².